The lowest BCUT2D eigenvalue weighted by Crippen LogP contribution is -2.56. The molecule has 5 heteroatoms. The molecule has 1 aliphatic heterocycles. The van der Waals surface area contributed by atoms with Gasteiger partial charge in [0.15, 0.2) is 6.10 Å². The van der Waals surface area contributed by atoms with Crippen LogP contribution < -0.4 is 0 Å². The second kappa shape index (κ2) is 15.8. The van der Waals surface area contributed by atoms with E-state index in [1.807, 2.05) is 72.8 Å². The molecule has 0 aromatic heterocycles. The van der Waals surface area contributed by atoms with Gasteiger partial charge in [-0.2, -0.15) is 0 Å². The number of hydrogen-bond acceptors (Lipinski definition) is 5. The van der Waals surface area contributed by atoms with Crippen molar-refractivity contribution >= 4 is 0 Å². The lowest BCUT2D eigenvalue weighted by Gasteiger charge is -2.44. The molecular weight excluding hydrogens is 548 g/mol. The molecule has 6 rings (SSSR count). The molecule has 0 radical (unpaired) electrons. The van der Waals surface area contributed by atoms with Crippen molar-refractivity contribution in [2.45, 2.75) is 76.5 Å². The Balaban J connectivity index is 1.31. The van der Waals surface area contributed by atoms with Crippen LogP contribution in [0, 0.1) is 0 Å². The Bertz CT molecular complexity index is 1420. The van der Waals surface area contributed by atoms with Crippen LogP contribution >= 0.6 is 0 Å². The van der Waals surface area contributed by atoms with Crippen molar-refractivity contribution in [1.82, 2.24) is 0 Å². The lowest BCUT2D eigenvalue weighted by atomic mass is 9.94. The van der Waals surface area contributed by atoms with E-state index >= 15 is 0 Å². The molecule has 1 heterocycles. The fourth-order valence-electron chi connectivity index (χ4n) is 6.01. The highest BCUT2D eigenvalue weighted by Crippen LogP contribution is 2.38. The van der Waals surface area contributed by atoms with Crippen LogP contribution in [0.4, 0.5) is 0 Å². The van der Waals surface area contributed by atoms with Crippen LogP contribution in [0.5, 0.6) is 0 Å². The standard InChI is InChI=1S/C39H42O5/c1-5-15-30(16-6-1)25-40-29-35-37(41-26-31-17-7-2-8-18-31)39(43-28-33-21-11-4-12-22-33)38(36(44-35)34-23-13-14-24-34)42-27-32-19-9-3-10-20-32/h1-12,15-22,35,37-39H,13-14,23-29H2/t35?,37-,38?,39?/m1/s1. The number of allylic oxidation sites excluding steroid dienone is 1. The average Bonchev–Trinajstić information content (AvgIpc) is 3.63. The molecule has 0 N–H and O–H groups in total. The van der Waals surface area contributed by atoms with Gasteiger partial charge in [-0.25, -0.2) is 0 Å². The molecule has 5 nitrogen and oxygen atoms in total. The van der Waals surface area contributed by atoms with Gasteiger partial charge in [0.2, 0.25) is 0 Å². The van der Waals surface area contributed by atoms with Crippen molar-refractivity contribution in [1.29, 1.82) is 0 Å². The molecule has 1 saturated heterocycles. The predicted molar refractivity (Wildman–Crippen MR) is 172 cm³/mol. The van der Waals surface area contributed by atoms with E-state index < -0.39 is 18.3 Å². The SMILES string of the molecule is c1ccc(COCC2OC(=C3CCCC3)C(OCc3ccccc3)C(OCc3ccccc3)[C@@H]2OCc2ccccc2)cc1. The van der Waals surface area contributed by atoms with Gasteiger partial charge in [-0.1, -0.05) is 121 Å². The van der Waals surface area contributed by atoms with Crippen LogP contribution in [0.1, 0.15) is 47.9 Å². The number of ether oxygens (including phenoxy) is 5. The first-order valence-electron chi connectivity index (χ1n) is 15.8. The van der Waals surface area contributed by atoms with Gasteiger partial charge in [-0.15, -0.1) is 0 Å². The van der Waals surface area contributed by atoms with Crippen LogP contribution in [0.3, 0.4) is 0 Å². The minimum absolute atomic E-state index is 0.358. The van der Waals surface area contributed by atoms with Crippen molar-refractivity contribution in [3.63, 3.8) is 0 Å². The summed E-state index contributed by atoms with van der Waals surface area (Å²) in [6.07, 6.45) is 2.77. The van der Waals surface area contributed by atoms with Gasteiger partial charge in [0.05, 0.1) is 33.0 Å². The summed E-state index contributed by atoms with van der Waals surface area (Å²) in [6.45, 7) is 2.22. The van der Waals surface area contributed by atoms with Gasteiger partial charge >= 0.3 is 0 Å². The normalized spacial score (nSPS) is 21.7. The minimum Gasteiger partial charge on any atom is -0.487 e. The first kappa shape index (κ1) is 30.3. The zero-order valence-electron chi connectivity index (χ0n) is 25.3. The largest absolute Gasteiger partial charge is 0.487 e. The quantitative estimate of drug-likeness (QED) is 0.157. The van der Waals surface area contributed by atoms with Gasteiger partial charge in [0.25, 0.3) is 0 Å². The Morgan fingerprint density at radius 2 is 0.932 bits per heavy atom. The molecule has 0 amide bonds. The van der Waals surface area contributed by atoms with Crippen molar-refractivity contribution in [2.24, 2.45) is 0 Å². The van der Waals surface area contributed by atoms with Crippen LogP contribution in [0.25, 0.3) is 0 Å². The summed E-state index contributed by atoms with van der Waals surface area (Å²) in [7, 11) is 0. The Labute approximate surface area is 261 Å². The van der Waals surface area contributed by atoms with Gasteiger partial charge in [0.1, 0.15) is 24.1 Å². The third kappa shape index (κ3) is 8.25. The molecular formula is C39H42O5. The molecule has 4 atom stereocenters. The Morgan fingerprint density at radius 3 is 1.43 bits per heavy atom. The van der Waals surface area contributed by atoms with E-state index in [0.29, 0.717) is 33.0 Å². The van der Waals surface area contributed by atoms with E-state index in [0.717, 1.165) is 53.7 Å². The zero-order chi connectivity index (χ0) is 29.8. The number of rotatable bonds is 13. The molecule has 228 valence electrons. The van der Waals surface area contributed by atoms with E-state index in [9.17, 15) is 0 Å². The molecule has 2 aliphatic rings. The van der Waals surface area contributed by atoms with Gasteiger partial charge in [-0.05, 0) is 53.5 Å². The van der Waals surface area contributed by atoms with Crippen LogP contribution in [-0.2, 0) is 50.1 Å². The first-order chi connectivity index (χ1) is 21.8. The molecule has 4 aromatic rings. The maximum Gasteiger partial charge on any atom is 0.150 e. The summed E-state index contributed by atoms with van der Waals surface area (Å²) in [5.41, 5.74) is 5.76. The number of benzene rings is 4. The lowest BCUT2D eigenvalue weighted by molar-refractivity contribution is -0.224. The van der Waals surface area contributed by atoms with E-state index in [1.54, 1.807) is 0 Å². The van der Waals surface area contributed by atoms with E-state index in [4.69, 9.17) is 23.7 Å². The maximum atomic E-state index is 6.92. The monoisotopic (exact) mass is 590 g/mol. The highest BCUT2D eigenvalue weighted by molar-refractivity contribution is 5.23. The van der Waals surface area contributed by atoms with Crippen molar-refractivity contribution < 1.29 is 23.7 Å². The fourth-order valence-corrected chi connectivity index (χ4v) is 6.01. The summed E-state index contributed by atoms with van der Waals surface area (Å²) in [5.74, 6) is 0.907. The number of hydrogen-bond donors (Lipinski definition) is 0. The predicted octanol–water partition coefficient (Wildman–Crippen LogP) is 8.19. The second-order valence-corrected chi connectivity index (χ2v) is 11.6. The Hall–Kier alpha value is -3.74. The Morgan fingerprint density at radius 1 is 0.500 bits per heavy atom. The first-order valence-corrected chi connectivity index (χ1v) is 15.8. The third-order valence-corrected chi connectivity index (χ3v) is 8.32. The van der Waals surface area contributed by atoms with Gasteiger partial charge < -0.3 is 23.7 Å². The van der Waals surface area contributed by atoms with Gasteiger partial charge in [-0.3, -0.25) is 0 Å². The molecule has 1 aliphatic carbocycles. The second-order valence-electron chi connectivity index (χ2n) is 11.6. The van der Waals surface area contributed by atoms with Crippen molar-refractivity contribution in [3.05, 3.63) is 155 Å². The zero-order valence-corrected chi connectivity index (χ0v) is 25.3. The van der Waals surface area contributed by atoms with E-state index in [1.165, 1.54) is 5.57 Å². The van der Waals surface area contributed by atoms with Crippen molar-refractivity contribution in [2.75, 3.05) is 6.61 Å². The fraction of sp³-hybridized carbons (Fsp3) is 0.333. The van der Waals surface area contributed by atoms with Crippen LogP contribution in [-0.4, -0.2) is 31.0 Å². The third-order valence-electron chi connectivity index (χ3n) is 8.32. The Kier molecular flexibility index (Phi) is 10.9. The molecule has 0 spiro atoms. The highest BCUT2D eigenvalue weighted by Gasteiger charge is 2.47. The van der Waals surface area contributed by atoms with E-state index in [-0.39, 0.29) is 6.10 Å². The smallest absolute Gasteiger partial charge is 0.150 e. The molecule has 4 aromatic carbocycles. The summed E-state index contributed by atoms with van der Waals surface area (Å²) < 4.78 is 33.6. The topological polar surface area (TPSA) is 46.2 Å². The maximum absolute atomic E-state index is 6.92. The van der Waals surface area contributed by atoms with Crippen LogP contribution in [0.15, 0.2) is 133 Å². The molecule has 2 fully saturated rings. The molecule has 0 bridgehead atoms. The van der Waals surface area contributed by atoms with Crippen molar-refractivity contribution in [3.8, 4) is 0 Å². The highest BCUT2D eigenvalue weighted by atomic mass is 16.6. The minimum atomic E-state index is -0.416. The van der Waals surface area contributed by atoms with E-state index in [2.05, 4.69) is 48.5 Å². The molecule has 3 unspecified atom stereocenters. The molecule has 1 saturated carbocycles. The summed E-state index contributed by atoms with van der Waals surface area (Å²) in [6, 6.07) is 41.1. The average molecular weight is 591 g/mol. The molecule has 44 heavy (non-hydrogen) atoms. The summed E-state index contributed by atoms with van der Waals surface area (Å²) in [5, 5.41) is 0. The summed E-state index contributed by atoms with van der Waals surface area (Å²) >= 11 is 0. The van der Waals surface area contributed by atoms with Crippen LogP contribution in [0.2, 0.25) is 0 Å². The summed E-state index contributed by atoms with van der Waals surface area (Å²) in [4.78, 5) is 0. The van der Waals surface area contributed by atoms with Gasteiger partial charge in [0, 0.05) is 0 Å².